The van der Waals surface area contributed by atoms with Gasteiger partial charge in [-0.05, 0) is 30.8 Å². The maximum Gasteiger partial charge on any atom is 0.197 e. The van der Waals surface area contributed by atoms with Gasteiger partial charge in [0.05, 0.1) is 0 Å². The zero-order chi connectivity index (χ0) is 7.84. The van der Waals surface area contributed by atoms with Crippen molar-refractivity contribution in [3.8, 4) is 0 Å². The fourth-order valence-electron chi connectivity index (χ4n) is 2.12. The molecule has 11 heavy (non-hydrogen) atoms. The van der Waals surface area contributed by atoms with Gasteiger partial charge in [-0.3, -0.25) is 4.79 Å². The largest absolute Gasteiger partial charge is 0.504 e. The van der Waals surface area contributed by atoms with Gasteiger partial charge in [-0.25, -0.2) is 0 Å². The van der Waals surface area contributed by atoms with Gasteiger partial charge in [0.15, 0.2) is 11.5 Å². The number of allylic oxidation sites excluding steroid dienone is 2. The van der Waals surface area contributed by atoms with Crippen molar-refractivity contribution in [1.82, 2.24) is 0 Å². The van der Waals surface area contributed by atoms with Gasteiger partial charge in [0.2, 0.25) is 0 Å². The third kappa shape index (κ3) is 0.971. The van der Waals surface area contributed by atoms with Gasteiger partial charge in [-0.1, -0.05) is 6.42 Å². The van der Waals surface area contributed by atoms with E-state index in [-0.39, 0.29) is 11.5 Å². The predicted octanol–water partition coefficient (Wildman–Crippen LogP) is 1.96. The molecule has 0 aromatic carbocycles. The number of hydrogen-bond acceptors (Lipinski definition) is 2. The normalized spacial score (nSPS) is 30.9. The van der Waals surface area contributed by atoms with Gasteiger partial charge in [-0.15, -0.1) is 0 Å². The van der Waals surface area contributed by atoms with Crippen LogP contribution in [-0.4, -0.2) is 10.9 Å². The Morgan fingerprint density at radius 1 is 1.36 bits per heavy atom. The highest BCUT2D eigenvalue weighted by molar-refractivity contribution is 5.96. The molecule has 0 radical (unpaired) electrons. The molecule has 1 unspecified atom stereocenters. The lowest BCUT2D eigenvalue weighted by Crippen LogP contribution is -2.06. The molecule has 1 N–H and O–H groups in total. The highest BCUT2D eigenvalue weighted by Gasteiger charge is 2.33. The van der Waals surface area contributed by atoms with Crippen LogP contribution in [-0.2, 0) is 4.79 Å². The highest BCUT2D eigenvalue weighted by atomic mass is 16.3. The summed E-state index contributed by atoms with van der Waals surface area (Å²) in [5.41, 5.74) is 1.04. The number of aliphatic hydroxyl groups is 1. The van der Waals surface area contributed by atoms with Crippen molar-refractivity contribution in [3.63, 3.8) is 0 Å². The van der Waals surface area contributed by atoms with E-state index in [1.165, 1.54) is 6.42 Å². The van der Waals surface area contributed by atoms with E-state index >= 15 is 0 Å². The van der Waals surface area contributed by atoms with Crippen LogP contribution in [0.4, 0.5) is 0 Å². The van der Waals surface area contributed by atoms with Crippen molar-refractivity contribution in [2.75, 3.05) is 0 Å². The number of carbonyl (C=O) groups excluding carboxylic acids is 1. The summed E-state index contributed by atoms with van der Waals surface area (Å²) in [6, 6.07) is 0. The van der Waals surface area contributed by atoms with Crippen LogP contribution in [0.15, 0.2) is 11.3 Å². The van der Waals surface area contributed by atoms with Gasteiger partial charge >= 0.3 is 0 Å². The summed E-state index contributed by atoms with van der Waals surface area (Å²) in [5.74, 6) is 0.456. The van der Waals surface area contributed by atoms with Gasteiger partial charge in [0.25, 0.3) is 0 Å². The molecular formula is C9H12O2. The van der Waals surface area contributed by atoms with E-state index in [9.17, 15) is 9.90 Å². The van der Waals surface area contributed by atoms with E-state index in [1.54, 1.807) is 0 Å². The molecule has 0 aromatic heterocycles. The monoisotopic (exact) mass is 152 g/mol. The summed E-state index contributed by atoms with van der Waals surface area (Å²) >= 11 is 0. The quantitative estimate of drug-likeness (QED) is 0.576. The van der Waals surface area contributed by atoms with Crippen LogP contribution in [0.25, 0.3) is 0 Å². The Balaban J connectivity index is 2.28. The van der Waals surface area contributed by atoms with Crippen molar-refractivity contribution in [2.45, 2.75) is 32.1 Å². The summed E-state index contributed by atoms with van der Waals surface area (Å²) in [6.07, 6.45) is 4.98. The average molecular weight is 152 g/mol. The standard InChI is InChI=1S/C9H12O2/c10-8-5-6-3-1-2-4-7(6)9(8)11/h6,11H,1-5H2. The molecule has 2 aliphatic rings. The maximum atomic E-state index is 11.0. The number of rotatable bonds is 0. The molecule has 0 amide bonds. The van der Waals surface area contributed by atoms with E-state index in [2.05, 4.69) is 0 Å². The molecule has 2 heteroatoms. The van der Waals surface area contributed by atoms with Gasteiger partial charge in [0.1, 0.15) is 0 Å². The number of hydrogen-bond donors (Lipinski definition) is 1. The van der Waals surface area contributed by atoms with Gasteiger partial charge < -0.3 is 5.11 Å². The first-order chi connectivity index (χ1) is 5.29. The third-order valence-electron chi connectivity index (χ3n) is 2.74. The highest BCUT2D eigenvalue weighted by Crippen LogP contribution is 2.38. The molecule has 2 aliphatic carbocycles. The number of Topliss-reactive ketones (excluding diaryl/α,β-unsaturated/α-hetero) is 1. The van der Waals surface area contributed by atoms with Crippen molar-refractivity contribution in [3.05, 3.63) is 11.3 Å². The number of ketones is 1. The first-order valence-corrected chi connectivity index (χ1v) is 4.24. The zero-order valence-corrected chi connectivity index (χ0v) is 6.47. The molecule has 0 spiro atoms. The lowest BCUT2D eigenvalue weighted by atomic mass is 9.86. The molecule has 2 rings (SSSR count). The van der Waals surface area contributed by atoms with Crippen LogP contribution in [0.1, 0.15) is 32.1 Å². The first kappa shape index (κ1) is 6.89. The van der Waals surface area contributed by atoms with Gasteiger partial charge in [-0.2, -0.15) is 0 Å². The van der Waals surface area contributed by atoms with Crippen LogP contribution in [0.3, 0.4) is 0 Å². The van der Waals surface area contributed by atoms with E-state index in [1.807, 2.05) is 0 Å². The maximum absolute atomic E-state index is 11.0. The SMILES string of the molecule is O=C1CC2CCCCC2=C1O. The molecule has 60 valence electrons. The second kappa shape index (κ2) is 2.36. The molecule has 0 saturated heterocycles. The van der Waals surface area contributed by atoms with E-state index in [4.69, 9.17) is 0 Å². The van der Waals surface area contributed by atoms with Crippen molar-refractivity contribution in [2.24, 2.45) is 5.92 Å². The second-order valence-corrected chi connectivity index (χ2v) is 3.44. The molecule has 0 heterocycles. The minimum absolute atomic E-state index is 0.0353. The number of aliphatic hydroxyl groups excluding tert-OH is 1. The van der Waals surface area contributed by atoms with E-state index in [0.29, 0.717) is 12.3 Å². The Bertz CT molecular complexity index is 228. The summed E-state index contributed by atoms with van der Waals surface area (Å²) < 4.78 is 0. The lowest BCUT2D eigenvalue weighted by Gasteiger charge is -2.18. The summed E-state index contributed by atoms with van der Waals surface area (Å²) in [6.45, 7) is 0. The third-order valence-corrected chi connectivity index (χ3v) is 2.74. The van der Waals surface area contributed by atoms with Gasteiger partial charge in [0, 0.05) is 6.42 Å². The lowest BCUT2D eigenvalue weighted by molar-refractivity contribution is -0.117. The fourth-order valence-corrected chi connectivity index (χ4v) is 2.12. The van der Waals surface area contributed by atoms with Crippen molar-refractivity contribution in [1.29, 1.82) is 0 Å². The smallest absolute Gasteiger partial charge is 0.197 e. The number of carbonyl (C=O) groups is 1. The Kier molecular flexibility index (Phi) is 1.48. The second-order valence-electron chi connectivity index (χ2n) is 3.44. The molecule has 2 nitrogen and oxygen atoms in total. The van der Waals surface area contributed by atoms with Crippen LogP contribution in [0.2, 0.25) is 0 Å². The Morgan fingerprint density at radius 2 is 2.18 bits per heavy atom. The first-order valence-electron chi connectivity index (χ1n) is 4.24. The van der Waals surface area contributed by atoms with Crippen LogP contribution in [0, 0.1) is 5.92 Å². The van der Waals surface area contributed by atoms with Crippen LogP contribution in [0.5, 0.6) is 0 Å². The Hall–Kier alpha value is -0.790. The Labute approximate surface area is 65.9 Å². The fraction of sp³-hybridized carbons (Fsp3) is 0.667. The molecule has 0 bridgehead atoms. The summed E-state index contributed by atoms with van der Waals surface area (Å²) in [5, 5.41) is 9.32. The van der Waals surface area contributed by atoms with E-state index < -0.39 is 0 Å². The molecule has 0 aromatic rings. The molecule has 1 saturated carbocycles. The minimum atomic E-state index is -0.0353. The van der Waals surface area contributed by atoms with Crippen molar-refractivity contribution < 1.29 is 9.90 Å². The van der Waals surface area contributed by atoms with E-state index in [0.717, 1.165) is 24.8 Å². The predicted molar refractivity (Wildman–Crippen MR) is 41.2 cm³/mol. The minimum Gasteiger partial charge on any atom is -0.504 e. The van der Waals surface area contributed by atoms with Crippen LogP contribution < -0.4 is 0 Å². The molecule has 0 aliphatic heterocycles. The molecule has 1 fully saturated rings. The summed E-state index contributed by atoms with van der Waals surface area (Å²) in [7, 11) is 0. The topological polar surface area (TPSA) is 37.3 Å². The average Bonchev–Trinajstić information content (AvgIpc) is 2.30. The van der Waals surface area contributed by atoms with Crippen molar-refractivity contribution >= 4 is 5.78 Å². The van der Waals surface area contributed by atoms with Crippen LogP contribution >= 0.6 is 0 Å². The Morgan fingerprint density at radius 3 is 2.91 bits per heavy atom. The molecular weight excluding hydrogens is 140 g/mol. The summed E-state index contributed by atoms with van der Waals surface area (Å²) in [4.78, 5) is 11.0. The number of fused-ring (bicyclic) bond motifs is 1. The molecule has 1 atom stereocenters. The zero-order valence-electron chi connectivity index (χ0n) is 6.47.